The molecule has 0 unspecified atom stereocenters. The van der Waals surface area contributed by atoms with Crippen LogP contribution < -0.4 is 4.74 Å². The molecule has 2 aromatic heterocycles. The largest absolute Gasteiger partial charge is 0.497 e. The summed E-state index contributed by atoms with van der Waals surface area (Å²) in [4.78, 5) is 16.1. The molecule has 0 bridgehead atoms. The minimum Gasteiger partial charge on any atom is -0.497 e. The van der Waals surface area contributed by atoms with Crippen LogP contribution in [0.25, 0.3) is 22.1 Å². The molecule has 0 aliphatic rings. The summed E-state index contributed by atoms with van der Waals surface area (Å²) < 4.78 is 5.26. The molecule has 4 rings (SSSR count). The molecule has 29 heavy (non-hydrogen) atoms. The molecule has 152 valence electrons. The fraction of sp³-hybridized carbons (Fsp3) is 0.364. The number of fused-ring (bicyclic) bond motifs is 2. The number of imidazole rings is 2. The van der Waals surface area contributed by atoms with Gasteiger partial charge in [0.15, 0.2) is 10.3 Å². The molecule has 5 nitrogen and oxygen atoms in total. The molecular formula is C22H26N4OS2. The normalized spacial score (nSPS) is 11.5. The van der Waals surface area contributed by atoms with Crippen molar-refractivity contribution in [1.82, 2.24) is 19.9 Å². The van der Waals surface area contributed by atoms with E-state index in [4.69, 9.17) is 4.74 Å². The number of benzene rings is 2. The van der Waals surface area contributed by atoms with Crippen molar-refractivity contribution in [2.24, 2.45) is 0 Å². The van der Waals surface area contributed by atoms with Gasteiger partial charge in [-0.05, 0) is 49.1 Å². The van der Waals surface area contributed by atoms with Crippen LogP contribution in [0.4, 0.5) is 0 Å². The first-order chi connectivity index (χ1) is 14.2. The van der Waals surface area contributed by atoms with E-state index in [9.17, 15) is 0 Å². The molecule has 7 heteroatoms. The first kappa shape index (κ1) is 20.2. The van der Waals surface area contributed by atoms with Gasteiger partial charge in [-0.1, -0.05) is 42.9 Å². The number of thioether (sulfide) groups is 2. The summed E-state index contributed by atoms with van der Waals surface area (Å²) in [6.07, 6.45) is 4.65. The van der Waals surface area contributed by atoms with E-state index in [-0.39, 0.29) is 0 Å². The number of hydrogen-bond donors (Lipinski definition) is 2. The predicted octanol–water partition coefficient (Wildman–Crippen LogP) is 6.06. The van der Waals surface area contributed by atoms with E-state index in [0.717, 1.165) is 56.1 Å². The van der Waals surface area contributed by atoms with Gasteiger partial charge < -0.3 is 14.7 Å². The molecule has 2 N–H and O–H groups in total. The third-order valence-corrected chi connectivity index (χ3v) is 6.79. The molecule has 0 saturated carbocycles. The van der Waals surface area contributed by atoms with E-state index in [1.165, 1.54) is 24.8 Å². The molecule has 0 radical (unpaired) electrons. The van der Waals surface area contributed by atoms with Crippen LogP contribution in [0.3, 0.4) is 0 Å². The van der Waals surface area contributed by atoms with Gasteiger partial charge in [-0.2, -0.15) is 0 Å². The Balaban J connectivity index is 1.17. The Labute approximate surface area is 179 Å². The molecule has 0 spiro atoms. The SMILES string of the molecule is CCc1ccc2nc(SCCCCCSc3nc4ccc(OC)cc4[nH]3)[nH]c2c1. The van der Waals surface area contributed by atoms with Gasteiger partial charge in [0, 0.05) is 17.6 Å². The third-order valence-electron chi connectivity index (χ3n) is 4.87. The molecule has 0 aliphatic heterocycles. The van der Waals surface area contributed by atoms with E-state index in [1.807, 2.05) is 30.0 Å². The number of nitrogens with one attached hydrogen (secondary N) is 2. The van der Waals surface area contributed by atoms with Crippen LogP contribution in [-0.4, -0.2) is 38.6 Å². The van der Waals surface area contributed by atoms with Crippen molar-refractivity contribution in [2.45, 2.75) is 42.9 Å². The van der Waals surface area contributed by atoms with Crippen molar-refractivity contribution in [3.8, 4) is 5.75 Å². The number of aromatic nitrogens is 4. The Morgan fingerprint density at radius 2 is 1.45 bits per heavy atom. The third kappa shape index (κ3) is 5.08. The van der Waals surface area contributed by atoms with Crippen molar-refractivity contribution in [3.05, 3.63) is 42.0 Å². The van der Waals surface area contributed by atoms with Gasteiger partial charge in [0.05, 0.1) is 29.2 Å². The summed E-state index contributed by atoms with van der Waals surface area (Å²) in [6, 6.07) is 12.4. The zero-order valence-corrected chi connectivity index (χ0v) is 18.5. The van der Waals surface area contributed by atoms with Crippen LogP contribution in [0.5, 0.6) is 5.75 Å². The van der Waals surface area contributed by atoms with Gasteiger partial charge in [0.1, 0.15) is 5.75 Å². The number of H-pyrrole nitrogens is 2. The van der Waals surface area contributed by atoms with Crippen molar-refractivity contribution in [1.29, 1.82) is 0 Å². The molecule has 2 aromatic carbocycles. The second-order valence-electron chi connectivity index (χ2n) is 6.93. The van der Waals surface area contributed by atoms with Crippen molar-refractivity contribution >= 4 is 45.6 Å². The number of rotatable bonds is 10. The minimum absolute atomic E-state index is 0.852. The maximum atomic E-state index is 5.26. The fourth-order valence-electron chi connectivity index (χ4n) is 3.20. The van der Waals surface area contributed by atoms with Gasteiger partial charge in [-0.25, -0.2) is 9.97 Å². The molecule has 0 atom stereocenters. The second-order valence-corrected chi connectivity index (χ2v) is 9.10. The van der Waals surface area contributed by atoms with E-state index in [1.54, 1.807) is 18.9 Å². The average Bonchev–Trinajstić information content (AvgIpc) is 3.34. The number of nitrogens with zero attached hydrogens (tertiary/aromatic N) is 2. The summed E-state index contributed by atoms with van der Waals surface area (Å²) in [5, 5.41) is 2.01. The summed E-state index contributed by atoms with van der Waals surface area (Å²) >= 11 is 3.60. The molecule has 0 aliphatic carbocycles. The highest BCUT2D eigenvalue weighted by Gasteiger charge is 2.06. The minimum atomic E-state index is 0.852. The zero-order valence-electron chi connectivity index (χ0n) is 16.8. The van der Waals surface area contributed by atoms with Crippen LogP contribution in [-0.2, 0) is 6.42 Å². The van der Waals surface area contributed by atoms with Crippen LogP contribution in [0.2, 0.25) is 0 Å². The lowest BCUT2D eigenvalue weighted by Gasteiger charge is -1.99. The Hall–Kier alpha value is -2.12. The summed E-state index contributed by atoms with van der Waals surface area (Å²) in [7, 11) is 1.68. The van der Waals surface area contributed by atoms with Gasteiger partial charge in [-0.15, -0.1) is 0 Å². The predicted molar refractivity (Wildman–Crippen MR) is 123 cm³/mol. The lowest BCUT2D eigenvalue weighted by atomic mass is 10.1. The second kappa shape index (κ2) is 9.59. The van der Waals surface area contributed by atoms with Crippen molar-refractivity contribution < 1.29 is 4.74 Å². The highest BCUT2D eigenvalue weighted by Crippen LogP contribution is 2.25. The molecule has 4 aromatic rings. The first-order valence-corrected chi connectivity index (χ1v) is 12.0. The smallest absolute Gasteiger partial charge is 0.166 e. The fourth-order valence-corrected chi connectivity index (χ4v) is 4.97. The van der Waals surface area contributed by atoms with E-state index in [2.05, 4.69) is 45.1 Å². The van der Waals surface area contributed by atoms with E-state index >= 15 is 0 Å². The molecule has 0 fully saturated rings. The number of unbranched alkanes of at least 4 members (excludes halogenated alkanes) is 2. The standard InChI is InChI=1S/C22H26N4OS2/c1-3-15-7-9-17-19(13-15)25-21(23-17)28-11-5-4-6-12-29-22-24-18-10-8-16(27-2)14-20(18)26-22/h7-10,13-14H,3-6,11-12H2,1-2H3,(H,23,25)(H,24,26). The number of methoxy groups -OCH3 is 1. The summed E-state index contributed by atoms with van der Waals surface area (Å²) in [5.74, 6) is 3.02. The number of ether oxygens (including phenoxy) is 1. The van der Waals surface area contributed by atoms with Crippen LogP contribution in [0.1, 0.15) is 31.7 Å². The summed E-state index contributed by atoms with van der Waals surface area (Å²) in [6.45, 7) is 2.18. The number of aromatic amines is 2. The van der Waals surface area contributed by atoms with Crippen LogP contribution in [0, 0.1) is 0 Å². The maximum absolute atomic E-state index is 5.26. The highest BCUT2D eigenvalue weighted by atomic mass is 32.2. The van der Waals surface area contributed by atoms with E-state index < -0.39 is 0 Å². The lowest BCUT2D eigenvalue weighted by molar-refractivity contribution is 0.415. The van der Waals surface area contributed by atoms with Crippen molar-refractivity contribution in [3.63, 3.8) is 0 Å². The van der Waals surface area contributed by atoms with Crippen LogP contribution >= 0.6 is 23.5 Å². The van der Waals surface area contributed by atoms with Gasteiger partial charge in [-0.3, -0.25) is 0 Å². The van der Waals surface area contributed by atoms with Crippen LogP contribution in [0.15, 0.2) is 46.7 Å². The number of aryl methyl sites for hydroxylation is 1. The van der Waals surface area contributed by atoms with E-state index in [0.29, 0.717) is 0 Å². The van der Waals surface area contributed by atoms with Gasteiger partial charge in [0.25, 0.3) is 0 Å². The topological polar surface area (TPSA) is 66.6 Å². The maximum Gasteiger partial charge on any atom is 0.166 e. The molecule has 2 heterocycles. The van der Waals surface area contributed by atoms with Gasteiger partial charge >= 0.3 is 0 Å². The molecule has 0 saturated heterocycles. The monoisotopic (exact) mass is 426 g/mol. The highest BCUT2D eigenvalue weighted by molar-refractivity contribution is 7.99. The van der Waals surface area contributed by atoms with Gasteiger partial charge in [0.2, 0.25) is 0 Å². The zero-order chi connectivity index (χ0) is 20.1. The molecular weight excluding hydrogens is 400 g/mol. The first-order valence-electron chi connectivity index (χ1n) is 10.0. The lowest BCUT2D eigenvalue weighted by Crippen LogP contribution is -1.86. The summed E-state index contributed by atoms with van der Waals surface area (Å²) in [5.41, 5.74) is 5.57. The Morgan fingerprint density at radius 1 is 0.828 bits per heavy atom. The Bertz CT molecular complexity index is 1000. The Morgan fingerprint density at radius 3 is 2.07 bits per heavy atom. The quantitative estimate of drug-likeness (QED) is 0.238. The number of hydrogen-bond acceptors (Lipinski definition) is 5. The van der Waals surface area contributed by atoms with Crippen molar-refractivity contribution in [2.75, 3.05) is 18.6 Å². The average molecular weight is 427 g/mol. The Kier molecular flexibility index (Phi) is 6.67. The molecule has 0 amide bonds.